The van der Waals surface area contributed by atoms with Gasteiger partial charge in [-0.3, -0.25) is 4.79 Å². The normalized spacial score (nSPS) is 23.2. The Hall–Kier alpha value is -2.55. The summed E-state index contributed by atoms with van der Waals surface area (Å²) in [5, 5.41) is 12.0. The monoisotopic (exact) mass is 326 g/mol. The summed E-state index contributed by atoms with van der Waals surface area (Å²) in [6.45, 7) is 5.76. The first-order valence-corrected chi connectivity index (χ1v) is 8.28. The number of carbonyl (C=O) groups is 2. The summed E-state index contributed by atoms with van der Waals surface area (Å²) >= 11 is 0. The van der Waals surface area contributed by atoms with E-state index in [9.17, 15) is 9.59 Å². The highest BCUT2D eigenvalue weighted by Crippen LogP contribution is 2.41. The molecule has 0 bridgehead atoms. The minimum absolute atomic E-state index is 0.0562. The average Bonchev–Trinajstić information content (AvgIpc) is 3.10. The molecule has 24 heavy (non-hydrogen) atoms. The van der Waals surface area contributed by atoms with Gasteiger partial charge >= 0.3 is 6.03 Å². The summed E-state index contributed by atoms with van der Waals surface area (Å²) < 4.78 is 0. The van der Waals surface area contributed by atoms with E-state index in [0.29, 0.717) is 31.6 Å². The number of nitrogens with one attached hydrogen (secondary N) is 1. The molecular weight excluding hydrogens is 304 g/mol. The van der Waals surface area contributed by atoms with Gasteiger partial charge in [-0.1, -0.05) is 6.07 Å². The van der Waals surface area contributed by atoms with Gasteiger partial charge in [0.1, 0.15) is 0 Å². The molecule has 6 nitrogen and oxygen atoms in total. The summed E-state index contributed by atoms with van der Waals surface area (Å²) in [7, 11) is 0. The molecule has 0 saturated carbocycles. The maximum Gasteiger partial charge on any atom is 0.317 e. The number of anilines is 1. The predicted molar refractivity (Wildman–Crippen MR) is 90.4 cm³/mol. The van der Waals surface area contributed by atoms with E-state index in [4.69, 9.17) is 5.26 Å². The Bertz CT molecular complexity index is 709. The number of urea groups is 1. The molecule has 6 heteroatoms. The van der Waals surface area contributed by atoms with Gasteiger partial charge in [0.15, 0.2) is 0 Å². The van der Waals surface area contributed by atoms with Crippen LogP contribution in [-0.2, 0) is 4.79 Å². The van der Waals surface area contributed by atoms with Gasteiger partial charge in [-0.05, 0) is 38.5 Å². The second-order valence-corrected chi connectivity index (χ2v) is 7.09. The first-order chi connectivity index (χ1) is 11.4. The Morgan fingerprint density at radius 3 is 2.88 bits per heavy atom. The molecule has 0 aromatic heterocycles. The highest BCUT2D eigenvalue weighted by Gasteiger charge is 2.48. The van der Waals surface area contributed by atoms with Gasteiger partial charge in [0.2, 0.25) is 5.91 Å². The first-order valence-electron chi connectivity index (χ1n) is 8.28. The fourth-order valence-corrected chi connectivity index (χ4v) is 3.59. The van der Waals surface area contributed by atoms with Gasteiger partial charge < -0.3 is 15.1 Å². The van der Waals surface area contributed by atoms with Crippen LogP contribution in [0.1, 0.15) is 32.3 Å². The number of nitriles is 1. The summed E-state index contributed by atoms with van der Waals surface area (Å²) in [6.07, 6.45) is 1.29. The highest BCUT2D eigenvalue weighted by atomic mass is 16.2. The predicted octanol–water partition coefficient (Wildman–Crippen LogP) is 2.11. The van der Waals surface area contributed by atoms with Crippen molar-refractivity contribution >= 4 is 17.6 Å². The molecule has 2 heterocycles. The van der Waals surface area contributed by atoms with E-state index < -0.39 is 0 Å². The number of benzene rings is 1. The zero-order chi connectivity index (χ0) is 17.3. The van der Waals surface area contributed by atoms with Gasteiger partial charge in [0.05, 0.1) is 11.6 Å². The second-order valence-electron chi connectivity index (χ2n) is 7.09. The van der Waals surface area contributed by atoms with Gasteiger partial charge in [-0.15, -0.1) is 0 Å². The van der Waals surface area contributed by atoms with Crippen molar-refractivity contribution in [2.45, 2.75) is 32.7 Å². The molecule has 2 fully saturated rings. The molecule has 126 valence electrons. The third-order valence-corrected chi connectivity index (χ3v) is 4.75. The van der Waals surface area contributed by atoms with Crippen LogP contribution in [0.2, 0.25) is 0 Å². The molecule has 1 spiro atoms. The molecule has 3 rings (SSSR count). The van der Waals surface area contributed by atoms with E-state index >= 15 is 0 Å². The molecule has 2 aliphatic heterocycles. The van der Waals surface area contributed by atoms with Crippen LogP contribution in [-0.4, -0.2) is 42.5 Å². The lowest BCUT2D eigenvalue weighted by atomic mass is 9.86. The van der Waals surface area contributed by atoms with Gasteiger partial charge in [0.25, 0.3) is 0 Å². The zero-order valence-electron chi connectivity index (χ0n) is 14.1. The third-order valence-electron chi connectivity index (χ3n) is 4.75. The molecule has 1 aromatic carbocycles. The average molecular weight is 326 g/mol. The van der Waals surface area contributed by atoms with E-state index in [2.05, 4.69) is 11.4 Å². The fourth-order valence-electron chi connectivity index (χ4n) is 3.59. The molecule has 1 N–H and O–H groups in total. The second kappa shape index (κ2) is 6.16. The number of nitrogens with zero attached hydrogens (tertiary/aromatic N) is 3. The van der Waals surface area contributed by atoms with E-state index in [1.54, 1.807) is 23.1 Å². The number of amides is 3. The maximum absolute atomic E-state index is 12.5. The Morgan fingerprint density at radius 2 is 2.17 bits per heavy atom. The summed E-state index contributed by atoms with van der Waals surface area (Å²) in [6, 6.07) is 9.28. The maximum atomic E-state index is 12.5. The largest absolute Gasteiger partial charge is 0.336 e. The fraction of sp³-hybridized carbons (Fsp3) is 0.500. The molecule has 1 aromatic rings. The van der Waals surface area contributed by atoms with Crippen molar-refractivity contribution < 1.29 is 9.59 Å². The van der Waals surface area contributed by atoms with E-state index in [-0.39, 0.29) is 23.4 Å². The van der Waals surface area contributed by atoms with Crippen LogP contribution >= 0.6 is 0 Å². The molecule has 3 amide bonds. The van der Waals surface area contributed by atoms with Crippen molar-refractivity contribution in [3.8, 4) is 6.07 Å². The summed E-state index contributed by atoms with van der Waals surface area (Å²) in [5.74, 6) is 0.0659. The van der Waals surface area contributed by atoms with Crippen LogP contribution in [0, 0.1) is 16.7 Å². The number of carbonyl (C=O) groups excluding carboxylic acids is 2. The molecule has 2 saturated heterocycles. The molecule has 0 unspecified atom stereocenters. The summed E-state index contributed by atoms with van der Waals surface area (Å²) in [5.41, 5.74) is 1.14. The minimum Gasteiger partial charge on any atom is -0.336 e. The lowest BCUT2D eigenvalue weighted by Crippen LogP contribution is -2.43. The highest BCUT2D eigenvalue weighted by molar-refractivity contribution is 5.96. The van der Waals surface area contributed by atoms with Crippen molar-refractivity contribution in [1.82, 2.24) is 10.2 Å². The number of likely N-dealkylation sites (tertiary alicyclic amines) is 1. The Labute approximate surface area is 142 Å². The molecular formula is C18H22N4O2. The van der Waals surface area contributed by atoms with E-state index in [1.165, 1.54) is 0 Å². The third kappa shape index (κ3) is 3.07. The summed E-state index contributed by atoms with van der Waals surface area (Å²) in [4.78, 5) is 28.3. The van der Waals surface area contributed by atoms with Crippen LogP contribution in [0.5, 0.6) is 0 Å². The molecule has 1 atom stereocenters. The number of rotatable bonds is 2. The van der Waals surface area contributed by atoms with Crippen LogP contribution in [0.4, 0.5) is 10.5 Å². The van der Waals surface area contributed by atoms with Crippen molar-refractivity contribution in [1.29, 1.82) is 5.26 Å². The number of hydrogen-bond acceptors (Lipinski definition) is 3. The van der Waals surface area contributed by atoms with Crippen LogP contribution in [0.3, 0.4) is 0 Å². The standard InChI is InChI=1S/C18H22N4O2/c1-13(2)20-17(24)21-7-6-18(11-21)9-16(23)22(12-18)15-5-3-4-14(8-15)10-19/h3-5,8,13H,6-7,9,11-12H2,1-2H3,(H,20,24)/t18-/m1/s1. The van der Waals surface area contributed by atoms with Crippen molar-refractivity contribution in [3.05, 3.63) is 29.8 Å². The molecule has 0 radical (unpaired) electrons. The number of hydrogen-bond donors (Lipinski definition) is 1. The quantitative estimate of drug-likeness (QED) is 0.904. The Balaban J connectivity index is 1.73. The first kappa shape index (κ1) is 16.3. The van der Waals surface area contributed by atoms with Crippen molar-refractivity contribution in [2.75, 3.05) is 24.5 Å². The Morgan fingerprint density at radius 1 is 1.38 bits per heavy atom. The topological polar surface area (TPSA) is 76.4 Å². The van der Waals surface area contributed by atoms with Crippen LogP contribution < -0.4 is 10.2 Å². The lowest BCUT2D eigenvalue weighted by Gasteiger charge is -2.25. The van der Waals surface area contributed by atoms with Gasteiger partial charge in [-0.25, -0.2) is 4.79 Å². The van der Waals surface area contributed by atoms with E-state index in [1.807, 2.05) is 24.8 Å². The molecule has 0 aliphatic carbocycles. The SMILES string of the molecule is CC(C)NC(=O)N1CC[C@@]2(CC(=O)N(c3cccc(C#N)c3)C2)C1. The molecule has 2 aliphatic rings. The smallest absolute Gasteiger partial charge is 0.317 e. The lowest BCUT2D eigenvalue weighted by molar-refractivity contribution is -0.117. The van der Waals surface area contributed by atoms with Gasteiger partial charge in [0, 0.05) is 43.2 Å². The van der Waals surface area contributed by atoms with E-state index in [0.717, 1.165) is 12.1 Å². The Kier molecular flexibility index (Phi) is 4.18. The van der Waals surface area contributed by atoms with Crippen molar-refractivity contribution in [2.24, 2.45) is 5.41 Å². The van der Waals surface area contributed by atoms with Crippen LogP contribution in [0.25, 0.3) is 0 Å². The van der Waals surface area contributed by atoms with Crippen LogP contribution in [0.15, 0.2) is 24.3 Å². The zero-order valence-corrected chi connectivity index (χ0v) is 14.1. The van der Waals surface area contributed by atoms with Gasteiger partial charge in [-0.2, -0.15) is 5.26 Å². The minimum atomic E-state index is -0.173. The van der Waals surface area contributed by atoms with Crippen molar-refractivity contribution in [3.63, 3.8) is 0 Å².